The Morgan fingerprint density at radius 2 is 2.05 bits per heavy atom. The van der Waals surface area contributed by atoms with E-state index in [9.17, 15) is 0 Å². The predicted octanol–water partition coefficient (Wildman–Crippen LogP) is 3.35. The number of benzene rings is 1. The first kappa shape index (κ1) is 13.2. The molecule has 0 amide bonds. The van der Waals surface area contributed by atoms with Crippen molar-refractivity contribution < 1.29 is 4.42 Å². The van der Waals surface area contributed by atoms with Crippen molar-refractivity contribution in [2.45, 2.75) is 25.7 Å². The lowest BCUT2D eigenvalue weighted by atomic mass is 9.93. The van der Waals surface area contributed by atoms with Crippen molar-refractivity contribution in [1.82, 2.24) is 15.2 Å². The van der Waals surface area contributed by atoms with E-state index in [0.717, 1.165) is 19.0 Å². The fourth-order valence-electron chi connectivity index (χ4n) is 3.17. The number of fused-ring (bicyclic) bond motifs is 1. The number of rotatable bonds is 3. The molecule has 1 saturated heterocycles. The minimum atomic E-state index is 0.332. The standard InChI is InChI=1S/C17H18N4O/c1-11(2)13-3-4-16(15-7-18-6-5-14(13)15)21-8-12(9-21)17-20-19-10-22-17/h3-7,10-12H,8-9H2,1-2H3. The van der Waals surface area contributed by atoms with Crippen LogP contribution in [-0.4, -0.2) is 28.3 Å². The summed E-state index contributed by atoms with van der Waals surface area (Å²) < 4.78 is 5.30. The van der Waals surface area contributed by atoms with Gasteiger partial charge in [-0.3, -0.25) is 4.98 Å². The minimum Gasteiger partial charge on any atom is -0.428 e. The average Bonchev–Trinajstić information content (AvgIpc) is 2.99. The SMILES string of the molecule is CC(C)c1ccc(N2CC(c3nnco3)C2)c2cnccc12. The van der Waals surface area contributed by atoms with Gasteiger partial charge in [-0.05, 0) is 29.0 Å². The van der Waals surface area contributed by atoms with Gasteiger partial charge in [0.15, 0.2) is 0 Å². The monoisotopic (exact) mass is 294 g/mol. The molecule has 2 aromatic heterocycles. The molecule has 5 heteroatoms. The molecule has 0 aliphatic carbocycles. The van der Waals surface area contributed by atoms with E-state index in [2.05, 4.69) is 52.1 Å². The van der Waals surface area contributed by atoms with Crippen LogP contribution in [0.25, 0.3) is 10.8 Å². The quantitative estimate of drug-likeness (QED) is 0.741. The van der Waals surface area contributed by atoms with Crippen molar-refractivity contribution in [3.8, 4) is 0 Å². The van der Waals surface area contributed by atoms with Gasteiger partial charge in [-0.15, -0.1) is 10.2 Å². The van der Waals surface area contributed by atoms with Gasteiger partial charge >= 0.3 is 0 Å². The molecule has 3 heterocycles. The molecule has 1 aromatic carbocycles. The highest BCUT2D eigenvalue weighted by Crippen LogP contribution is 2.37. The summed E-state index contributed by atoms with van der Waals surface area (Å²) in [6, 6.07) is 6.56. The van der Waals surface area contributed by atoms with Crippen LogP contribution in [-0.2, 0) is 0 Å². The first-order valence-electron chi connectivity index (χ1n) is 7.61. The van der Waals surface area contributed by atoms with E-state index >= 15 is 0 Å². The molecule has 4 rings (SSSR count). The summed E-state index contributed by atoms with van der Waals surface area (Å²) in [7, 11) is 0. The molecule has 0 bridgehead atoms. The molecule has 0 N–H and O–H groups in total. The second-order valence-electron chi connectivity index (χ2n) is 6.13. The summed E-state index contributed by atoms with van der Waals surface area (Å²) in [5.41, 5.74) is 2.61. The summed E-state index contributed by atoms with van der Waals surface area (Å²) in [4.78, 5) is 6.67. The van der Waals surface area contributed by atoms with Gasteiger partial charge in [0.05, 0.1) is 5.92 Å². The number of hydrogen-bond donors (Lipinski definition) is 0. The highest BCUT2D eigenvalue weighted by atomic mass is 16.4. The van der Waals surface area contributed by atoms with Gasteiger partial charge in [-0.1, -0.05) is 19.9 Å². The number of anilines is 1. The van der Waals surface area contributed by atoms with Crippen molar-refractivity contribution in [2.75, 3.05) is 18.0 Å². The van der Waals surface area contributed by atoms with E-state index in [1.54, 1.807) is 0 Å². The molecule has 0 spiro atoms. The Labute approximate surface area is 129 Å². The molecule has 0 radical (unpaired) electrons. The third kappa shape index (κ3) is 2.04. The summed E-state index contributed by atoms with van der Waals surface area (Å²) in [6.45, 7) is 6.27. The van der Waals surface area contributed by atoms with Crippen molar-refractivity contribution in [3.63, 3.8) is 0 Å². The molecule has 22 heavy (non-hydrogen) atoms. The fraction of sp³-hybridized carbons (Fsp3) is 0.353. The van der Waals surface area contributed by atoms with Gasteiger partial charge in [-0.2, -0.15) is 0 Å². The third-order valence-electron chi connectivity index (χ3n) is 4.40. The first-order valence-corrected chi connectivity index (χ1v) is 7.61. The number of pyridine rings is 1. The average molecular weight is 294 g/mol. The Balaban J connectivity index is 1.68. The van der Waals surface area contributed by atoms with Crippen LogP contribution in [0.5, 0.6) is 0 Å². The predicted molar refractivity (Wildman–Crippen MR) is 85.1 cm³/mol. The zero-order valence-corrected chi connectivity index (χ0v) is 12.7. The number of nitrogens with zero attached hydrogens (tertiary/aromatic N) is 4. The Bertz CT molecular complexity index is 792. The molecule has 5 nitrogen and oxygen atoms in total. The van der Waals surface area contributed by atoms with Crippen LogP contribution in [0.15, 0.2) is 41.4 Å². The Hall–Kier alpha value is -2.43. The van der Waals surface area contributed by atoms with Crippen LogP contribution in [0.3, 0.4) is 0 Å². The summed E-state index contributed by atoms with van der Waals surface area (Å²) in [5, 5.41) is 10.3. The molecular formula is C17H18N4O. The normalized spacial score (nSPS) is 15.5. The third-order valence-corrected chi connectivity index (χ3v) is 4.40. The van der Waals surface area contributed by atoms with Gasteiger partial charge in [0.2, 0.25) is 12.3 Å². The largest absolute Gasteiger partial charge is 0.428 e. The molecular weight excluding hydrogens is 276 g/mol. The van der Waals surface area contributed by atoms with Crippen LogP contribution in [0.1, 0.15) is 37.1 Å². The lowest BCUT2D eigenvalue weighted by Crippen LogP contribution is -2.45. The fourth-order valence-corrected chi connectivity index (χ4v) is 3.17. The van der Waals surface area contributed by atoms with Gasteiger partial charge in [0.1, 0.15) is 0 Å². The van der Waals surface area contributed by atoms with Crippen LogP contribution < -0.4 is 4.90 Å². The molecule has 0 saturated carbocycles. The van der Waals surface area contributed by atoms with Crippen molar-refractivity contribution >= 4 is 16.5 Å². The van der Waals surface area contributed by atoms with E-state index < -0.39 is 0 Å². The van der Waals surface area contributed by atoms with E-state index in [-0.39, 0.29) is 0 Å². The maximum atomic E-state index is 5.30. The Kier molecular flexibility index (Phi) is 3.06. The molecule has 1 aliphatic heterocycles. The van der Waals surface area contributed by atoms with Crippen LogP contribution in [0.2, 0.25) is 0 Å². The zero-order valence-electron chi connectivity index (χ0n) is 12.7. The molecule has 1 fully saturated rings. The lowest BCUT2D eigenvalue weighted by molar-refractivity contribution is 0.396. The second kappa shape index (κ2) is 5.09. The molecule has 1 aliphatic rings. The Morgan fingerprint density at radius 1 is 1.18 bits per heavy atom. The van der Waals surface area contributed by atoms with Crippen molar-refractivity contribution in [3.05, 3.63) is 48.4 Å². The van der Waals surface area contributed by atoms with Crippen molar-refractivity contribution in [2.24, 2.45) is 0 Å². The second-order valence-corrected chi connectivity index (χ2v) is 6.13. The molecule has 112 valence electrons. The maximum Gasteiger partial charge on any atom is 0.222 e. The number of aromatic nitrogens is 3. The van der Waals surface area contributed by atoms with Gasteiger partial charge < -0.3 is 9.32 Å². The van der Waals surface area contributed by atoms with E-state index in [0.29, 0.717) is 11.8 Å². The van der Waals surface area contributed by atoms with E-state index in [1.807, 2.05) is 12.4 Å². The van der Waals surface area contributed by atoms with E-state index in [1.165, 1.54) is 28.4 Å². The van der Waals surface area contributed by atoms with Crippen LogP contribution in [0.4, 0.5) is 5.69 Å². The first-order chi connectivity index (χ1) is 10.7. The van der Waals surface area contributed by atoms with Crippen LogP contribution >= 0.6 is 0 Å². The molecule has 0 unspecified atom stereocenters. The Morgan fingerprint density at radius 3 is 2.77 bits per heavy atom. The summed E-state index contributed by atoms with van der Waals surface area (Å²) in [6.07, 6.45) is 5.24. The zero-order chi connectivity index (χ0) is 15.1. The summed E-state index contributed by atoms with van der Waals surface area (Å²) in [5.74, 6) is 1.57. The highest BCUT2D eigenvalue weighted by Gasteiger charge is 2.32. The smallest absolute Gasteiger partial charge is 0.222 e. The number of hydrogen-bond acceptors (Lipinski definition) is 5. The maximum absolute atomic E-state index is 5.30. The topological polar surface area (TPSA) is 55.1 Å². The van der Waals surface area contributed by atoms with Gasteiger partial charge in [0, 0.05) is 36.6 Å². The van der Waals surface area contributed by atoms with Gasteiger partial charge in [0.25, 0.3) is 0 Å². The van der Waals surface area contributed by atoms with Crippen LogP contribution in [0, 0.1) is 0 Å². The van der Waals surface area contributed by atoms with Gasteiger partial charge in [-0.25, -0.2) is 0 Å². The molecule has 0 atom stereocenters. The van der Waals surface area contributed by atoms with Crippen molar-refractivity contribution in [1.29, 1.82) is 0 Å². The minimum absolute atomic E-state index is 0.332. The summed E-state index contributed by atoms with van der Waals surface area (Å²) >= 11 is 0. The lowest BCUT2D eigenvalue weighted by Gasteiger charge is -2.39. The highest BCUT2D eigenvalue weighted by molar-refractivity contribution is 5.96. The van der Waals surface area contributed by atoms with E-state index in [4.69, 9.17) is 4.42 Å². The molecule has 3 aromatic rings.